The number of ether oxygens (including phenoxy) is 1. The first-order chi connectivity index (χ1) is 8.66. The van der Waals surface area contributed by atoms with Gasteiger partial charge >= 0.3 is 0 Å². The van der Waals surface area contributed by atoms with Crippen LogP contribution in [0.15, 0.2) is 48.5 Å². The standard InChI is InChI=1S/C15H18N2O/c1-17(2)13-8-9-14(16)15(10-13)18-11-12-6-4-3-5-7-12/h3-10H,11,16H2,1-2H3. The lowest BCUT2D eigenvalue weighted by atomic mass is 10.2. The summed E-state index contributed by atoms with van der Waals surface area (Å²) in [5.74, 6) is 0.727. The van der Waals surface area contributed by atoms with Crippen molar-refractivity contribution in [2.45, 2.75) is 6.61 Å². The molecule has 2 N–H and O–H groups in total. The van der Waals surface area contributed by atoms with Crippen LogP contribution in [0.3, 0.4) is 0 Å². The maximum absolute atomic E-state index is 5.91. The van der Waals surface area contributed by atoms with Crippen molar-refractivity contribution in [1.29, 1.82) is 0 Å². The Hall–Kier alpha value is -2.16. The first-order valence-electron chi connectivity index (χ1n) is 5.90. The van der Waals surface area contributed by atoms with Crippen molar-refractivity contribution >= 4 is 11.4 Å². The highest BCUT2D eigenvalue weighted by Gasteiger charge is 2.04. The number of hydrogen-bond donors (Lipinski definition) is 1. The molecule has 3 nitrogen and oxygen atoms in total. The van der Waals surface area contributed by atoms with E-state index < -0.39 is 0 Å². The van der Waals surface area contributed by atoms with Gasteiger partial charge in [0.2, 0.25) is 0 Å². The lowest BCUT2D eigenvalue weighted by Gasteiger charge is -2.15. The van der Waals surface area contributed by atoms with E-state index in [1.807, 2.05) is 67.5 Å². The molecule has 2 rings (SSSR count). The summed E-state index contributed by atoms with van der Waals surface area (Å²) >= 11 is 0. The van der Waals surface area contributed by atoms with Crippen LogP contribution in [0.1, 0.15) is 5.56 Å². The quantitative estimate of drug-likeness (QED) is 0.838. The number of hydrogen-bond acceptors (Lipinski definition) is 3. The number of nitrogens with zero attached hydrogens (tertiary/aromatic N) is 1. The van der Waals surface area contributed by atoms with E-state index >= 15 is 0 Å². The fourth-order valence-electron chi connectivity index (χ4n) is 1.66. The molecule has 3 heteroatoms. The molecule has 94 valence electrons. The van der Waals surface area contributed by atoms with Gasteiger partial charge < -0.3 is 15.4 Å². The predicted molar refractivity (Wildman–Crippen MR) is 76.0 cm³/mol. The van der Waals surface area contributed by atoms with Gasteiger partial charge in [-0.1, -0.05) is 30.3 Å². The van der Waals surface area contributed by atoms with Crippen LogP contribution in [0, 0.1) is 0 Å². The Bertz CT molecular complexity index is 509. The number of nitrogens with two attached hydrogens (primary N) is 1. The molecule has 0 saturated heterocycles. The summed E-state index contributed by atoms with van der Waals surface area (Å²) < 4.78 is 5.76. The molecule has 0 unspecified atom stereocenters. The summed E-state index contributed by atoms with van der Waals surface area (Å²) in [5, 5.41) is 0. The van der Waals surface area contributed by atoms with E-state index in [1.165, 1.54) is 0 Å². The molecule has 18 heavy (non-hydrogen) atoms. The predicted octanol–water partition coefficient (Wildman–Crippen LogP) is 2.91. The van der Waals surface area contributed by atoms with Gasteiger partial charge in [0, 0.05) is 25.8 Å². The molecule has 0 saturated carbocycles. The molecule has 0 bridgehead atoms. The number of nitrogen functional groups attached to an aromatic ring is 1. The molecule has 2 aromatic rings. The third kappa shape index (κ3) is 2.94. The number of anilines is 2. The number of rotatable bonds is 4. The molecule has 0 radical (unpaired) electrons. The van der Waals surface area contributed by atoms with Crippen LogP contribution in [0.5, 0.6) is 5.75 Å². The third-order valence-corrected chi connectivity index (χ3v) is 2.75. The van der Waals surface area contributed by atoms with Crippen LogP contribution in [0.25, 0.3) is 0 Å². The Morgan fingerprint density at radius 2 is 1.78 bits per heavy atom. The summed E-state index contributed by atoms with van der Waals surface area (Å²) in [7, 11) is 3.99. The highest BCUT2D eigenvalue weighted by Crippen LogP contribution is 2.27. The molecule has 0 aliphatic rings. The van der Waals surface area contributed by atoms with E-state index in [4.69, 9.17) is 10.5 Å². The Labute approximate surface area is 108 Å². The second-order valence-corrected chi connectivity index (χ2v) is 4.39. The van der Waals surface area contributed by atoms with Crippen LogP contribution < -0.4 is 15.4 Å². The topological polar surface area (TPSA) is 38.5 Å². The Morgan fingerprint density at radius 3 is 2.44 bits per heavy atom. The summed E-state index contributed by atoms with van der Waals surface area (Å²) in [4.78, 5) is 2.02. The molecule has 0 aliphatic carbocycles. The lowest BCUT2D eigenvalue weighted by molar-refractivity contribution is 0.308. The van der Waals surface area contributed by atoms with Crippen LogP contribution >= 0.6 is 0 Å². The van der Waals surface area contributed by atoms with Crippen LogP contribution in [-0.2, 0) is 6.61 Å². The highest BCUT2D eigenvalue weighted by atomic mass is 16.5. The largest absolute Gasteiger partial charge is 0.487 e. The number of benzene rings is 2. The van der Waals surface area contributed by atoms with Gasteiger partial charge in [-0.05, 0) is 17.7 Å². The molecule has 0 fully saturated rings. The van der Waals surface area contributed by atoms with Gasteiger partial charge in [0.25, 0.3) is 0 Å². The molecular formula is C15H18N2O. The van der Waals surface area contributed by atoms with E-state index in [0.29, 0.717) is 12.3 Å². The molecule has 2 aromatic carbocycles. The van der Waals surface area contributed by atoms with Crippen LogP contribution in [0.2, 0.25) is 0 Å². The fraction of sp³-hybridized carbons (Fsp3) is 0.200. The van der Waals surface area contributed by atoms with E-state index in [0.717, 1.165) is 17.0 Å². The van der Waals surface area contributed by atoms with Gasteiger partial charge in [-0.2, -0.15) is 0 Å². The smallest absolute Gasteiger partial charge is 0.144 e. The van der Waals surface area contributed by atoms with E-state index in [9.17, 15) is 0 Å². The average Bonchev–Trinajstić information content (AvgIpc) is 2.38. The van der Waals surface area contributed by atoms with Crippen molar-refractivity contribution in [3.05, 3.63) is 54.1 Å². The van der Waals surface area contributed by atoms with Crippen molar-refractivity contribution in [2.75, 3.05) is 24.7 Å². The zero-order valence-corrected chi connectivity index (χ0v) is 10.8. The zero-order valence-electron chi connectivity index (χ0n) is 10.8. The molecule has 0 heterocycles. The van der Waals surface area contributed by atoms with Crippen LogP contribution in [-0.4, -0.2) is 14.1 Å². The second-order valence-electron chi connectivity index (χ2n) is 4.39. The van der Waals surface area contributed by atoms with E-state index in [2.05, 4.69) is 0 Å². The third-order valence-electron chi connectivity index (χ3n) is 2.75. The normalized spacial score (nSPS) is 10.1. The molecule has 0 aromatic heterocycles. The molecule has 0 atom stereocenters. The van der Waals surface area contributed by atoms with Crippen molar-refractivity contribution in [2.24, 2.45) is 0 Å². The van der Waals surface area contributed by atoms with Gasteiger partial charge in [-0.15, -0.1) is 0 Å². The van der Waals surface area contributed by atoms with Gasteiger partial charge in [0.05, 0.1) is 5.69 Å². The van der Waals surface area contributed by atoms with Gasteiger partial charge in [0.1, 0.15) is 12.4 Å². The molecule has 0 spiro atoms. The highest BCUT2D eigenvalue weighted by molar-refractivity contribution is 5.61. The van der Waals surface area contributed by atoms with E-state index in [1.54, 1.807) is 0 Å². The minimum Gasteiger partial charge on any atom is -0.487 e. The van der Waals surface area contributed by atoms with Crippen molar-refractivity contribution < 1.29 is 4.74 Å². The summed E-state index contributed by atoms with van der Waals surface area (Å²) in [6, 6.07) is 15.9. The van der Waals surface area contributed by atoms with Crippen molar-refractivity contribution in [3.8, 4) is 5.75 Å². The van der Waals surface area contributed by atoms with Crippen LogP contribution in [0.4, 0.5) is 11.4 Å². The fourth-order valence-corrected chi connectivity index (χ4v) is 1.66. The Balaban J connectivity index is 2.11. The minimum absolute atomic E-state index is 0.530. The monoisotopic (exact) mass is 242 g/mol. The SMILES string of the molecule is CN(C)c1ccc(N)c(OCc2ccccc2)c1. The molecular weight excluding hydrogens is 224 g/mol. The summed E-state index contributed by atoms with van der Waals surface area (Å²) in [5.41, 5.74) is 8.78. The zero-order chi connectivity index (χ0) is 13.0. The lowest BCUT2D eigenvalue weighted by Crippen LogP contribution is -2.09. The molecule has 0 amide bonds. The minimum atomic E-state index is 0.530. The average molecular weight is 242 g/mol. The van der Waals surface area contributed by atoms with Crippen molar-refractivity contribution in [3.63, 3.8) is 0 Å². The van der Waals surface area contributed by atoms with Gasteiger partial charge in [0.15, 0.2) is 0 Å². The van der Waals surface area contributed by atoms with E-state index in [-0.39, 0.29) is 0 Å². The van der Waals surface area contributed by atoms with Crippen molar-refractivity contribution in [1.82, 2.24) is 0 Å². The first kappa shape index (κ1) is 12.3. The summed E-state index contributed by atoms with van der Waals surface area (Å²) in [6.07, 6.45) is 0. The van der Waals surface area contributed by atoms with Gasteiger partial charge in [-0.3, -0.25) is 0 Å². The Kier molecular flexibility index (Phi) is 3.72. The Morgan fingerprint density at radius 1 is 1.06 bits per heavy atom. The second kappa shape index (κ2) is 5.45. The molecule has 0 aliphatic heterocycles. The van der Waals surface area contributed by atoms with Gasteiger partial charge in [-0.25, -0.2) is 0 Å². The maximum atomic E-state index is 5.91. The summed E-state index contributed by atoms with van der Waals surface area (Å²) in [6.45, 7) is 0.530. The first-order valence-corrected chi connectivity index (χ1v) is 5.90. The maximum Gasteiger partial charge on any atom is 0.144 e.